The van der Waals surface area contributed by atoms with Crippen molar-refractivity contribution in [3.05, 3.63) is 17.5 Å². The molecule has 7 heteroatoms. The van der Waals surface area contributed by atoms with E-state index in [0.717, 1.165) is 0 Å². The molecule has 0 aliphatic rings. The van der Waals surface area contributed by atoms with E-state index in [0.29, 0.717) is 5.76 Å². The van der Waals surface area contributed by atoms with Gasteiger partial charge in [-0.05, 0) is 6.92 Å². The molecule has 0 aliphatic heterocycles. The quantitative estimate of drug-likeness (QED) is 0.719. The van der Waals surface area contributed by atoms with E-state index in [1.165, 1.54) is 27.4 Å². The summed E-state index contributed by atoms with van der Waals surface area (Å²) >= 11 is 0. The zero-order valence-electron chi connectivity index (χ0n) is 10.9. The maximum atomic E-state index is 11.8. The number of hydrogen-bond donors (Lipinski definition) is 1. The van der Waals surface area contributed by atoms with Crippen LogP contribution in [0.3, 0.4) is 0 Å². The fourth-order valence-corrected chi connectivity index (χ4v) is 1.48. The topological polar surface area (TPSA) is 82.8 Å². The molecule has 1 heterocycles. The van der Waals surface area contributed by atoms with Gasteiger partial charge in [-0.25, -0.2) is 0 Å². The SMILES string of the molecule is COCc1cc(C(=O)NC(C)C(OC)OC)no1. The van der Waals surface area contributed by atoms with Crippen molar-refractivity contribution in [2.75, 3.05) is 21.3 Å². The molecule has 0 saturated carbocycles. The van der Waals surface area contributed by atoms with Gasteiger partial charge in [-0.1, -0.05) is 5.16 Å². The lowest BCUT2D eigenvalue weighted by atomic mass is 10.3. The maximum absolute atomic E-state index is 11.8. The molecule has 18 heavy (non-hydrogen) atoms. The maximum Gasteiger partial charge on any atom is 0.273 e. The van der Waals surface area contributed by atoms with Crippen molar-refractivity contribution in [1.82, 2.24) is 10.5 Å². The zero-order valence-corrected chi connectivity index (χ0v) is 10.9. The van der Waals surface area contributed by atoms with Gasteiger partial charge in [0.1, 0.15) is 6.61 Å². The second kappa shape index (κ2) is 7.10. The number of nitrogens with one attached hydrogen (secondary N) is 1. The first-order valence-corrected chi connectivity index (χ1v) is 5.43. The van der Waals surface area contributed by atoms with Crippen molar-refractivity contribution in [2.45, 2.75) is 25.9 Å². The first-order valence-electron chi connectivity index (χ1n) is 5.43. The number of carbonyl (C=O) groups excluding carboxylic acids is 1. The number of hydrogen-bond acceptors (Lipinski definition) is 6. The molecule has 1 amide bonds. The summed E-state index contributed by atoms with van der Waals surface area (Å²) in [5.41, 5.74) is 0.194. The van der Waals surface area contributed by atoms with Crippen molar-refractivity contribution in [3.8, 4) is 0 Å². The molecule has 1 rings (SSSR count). The Kier molecular flexibility index (Phi) is 5.76. The Morgan fingerprint density at radius 2 is 2.11 bits per heavy atom. The van der Waals surface area contributed by atoms with Gasteiger partial charge in [0.05, 0.1) is 6.04 Å². The zero-order chi connectivity index (χ0) is 13.5. The van der Waals surface area contributed by atoms with E-state index in [2.05, 4.69) is 10.5 Å². The number of nitrogens with zero attached hydrogens (tertiary/aromatic N) is 1. The molecule has 1 aromatic heterocycles. The molecular weight excluding hydrogens is 240 g/mol. The average molecular weight is 258 g/mol. The fourth-order valence-electron chi connectivity index (χ4n) is 1.48. The molecule has 0 fully saturated rings. The highest BCUT2D eigenvalue weighted by atomic mass is 16.7. The average Bonchev–Trinajstić information content (AvgIpc) is 2.79. The molecule has 1 aromatic rings. The summed E-state index contributed by atoms with van der Waals surface area (Å²) < 4.78 is 19.9. The molecule has 1 unspecified atom stereocenters. The molecule has 1 atom stereocenters. The normalized spacial score (nSPS) is 12.7. The highest BCUT2D eigenvalue weighted by Gasteiger charge is 2.20. The third kappa shape index (κ3) is 3.80. The standard InChI is InChI=1S/C11H18N2O5/c1-7(11(16-3)17-4)12-10(14)9-5-8(6-15-2)18-13-9/h5,7,11H,6H2,1-4H3,(H,12,14). The van der Waals surface area contributed by atoms with Crippen LogP contribution < -0.4 is 5.32 Å². The molecule has 0 bridgehead atoms. The van der Waals surface area contributed by atoms with Crippen LogP contribution in [0.1, 0.15) is 23.2 Å². The smallest absolute Gasteiger partial charge is 0.273 e. The predicted molar refractivity (Wildman–Crippen MR) is 62.0 cm³/mol. The number of carbonyl (C=O) groups is 1. The van der Waals surface area contributed by atoms with E-state index in [9.17, 15) is 4.79 Å². The lowest BCUT2D eigenvalue weighted by Crippen LogP contribution is -2.43. The Morgan fingerprint density at radius 1 is 1.44 bits per heavy atom. The van der Waals surface area contributed by atoms with E-state index in [1.807, 2.05) is 0 Å². The minimum atomic E-state index is -0.515. The highest BCUT2D eigenvalue weighted by molar-refractivity contribution is 5.92. The van der Waals surface area contributed by atoms with Gasteiger partial charge in [0.2, 0.25) is 0 Å². The molecule has 0 aromatic carbocycles. The van der Waals surface area contributed by atoms with Crippen molar-refractivity contribution in [3.63, 3.8) is 0 Å². The molecule has 0 spiro atoms. The first-order chi connectivity index (χ1) is 8.62. The number of aromatic nitrogens is 1. The predicted octanol–water partition coefficient (Wildman–Crippen LogP) is 0.558. The van der Waals surface area contributed by atoms with E-state index in [1.54, 1.807) is 6.92 Å². The summed E-state index contributed by atoms with van der Waals surface area (Å²) in [4.78, 5) is 11.8. The molecule has 0 saturated heterocycles. The monoisotopic (exact) mass is 258 g/mol. The van der Waals surface area contributed by atoms with Gasteiger partial charge in [0.25, 0.3) is 5.91 Å². The van der Waals surface area contributed by atoms with Gasteiger partial charge in [-0.3, -0.25) is 4.79 Å². The molecular formula is C11H18N2O5. The summed E-state index contributed by atoms with van der Waals surface area (Å²) in [7, 11) is 4.54. The van der Waals surface area contributed by atoms with E-state index in [4.69, 9.17) is 18.7 Å². The van der Waals surface area contributed by atoms with Crippen molar-refractivity contribution in [1.29, 1.82) is 0 Å². The molecule has 7 nitrogen and oxygen atoms in total. The van der Waals surface area contributed by atoms with Crippen molar-refractivity contribution < 1.29 is 23.5 Å². The minimum absolute atomic E-state index is 0.194. The summed E-state index contributed by atoms with van der Waals surface area (Å²) in [6.45, 7) is 2.04. The minimum Gasteiger partial charge on any atom is -0.377 e. The van der Waals surface area contributed by atoms with Crippen LogP contribution in [0.25, 0.3) is 0 Å². The number of methoxy groups -OCH3 is 3. The number of amides is 1. The van der Waals surface area contributed by atoms with Crippen LogP contribution >= 0.6 is 0 Å². The lowest BCUT2D eigenvalue weighted by Gasteiger charge is -2.21. The van der Waals surface area contributed by atoms with Crippen LogP contribution in [0.2, 0.25) is 0 Å². The summed E-state index contributed by atoms with van der Waals surface area (Å²) in [6.07, 6.45) is -0.515. The Hall–Kier alpha value is -1.44. The van der Waals surface area contributed by atoms with Crippen LogP contribution in [-0.4, -0.2) is 44.7 Å². The fraction of sp³-hybridized carbons (Fsp3) is 0.636. The van der Waals surface area contributed by atoms with Crippen LogP contribution in [-0.2, 0) is 20.8 Å². The molecule has 0 aliphatic carbocycles. The van der Waals surface area contributed by atoms with Gasteiger partial charge >= 0.3 is 0 Å². The van der Waals surface area contributed by atoms with E-state index >= 15 is 0 Å². The van der Waals surface area contributed by atoms with Gasteiger partial charge in [-0.15, -0.1) is 0 Å². The highest BCUT2D eigenvalue weighted by Crippen LogP contribution is 2.06. The third-order valence-electron chi connectivity index (χ3n) is 2.31. The Bertz CT molecular complexity index is 375. The van der Waals surface area contributed by atoms with Crippen LogP contribution in [0.4, 0.5) is 0 Å². The molecule has 0 radical (unpaired) electrons. The van der Waals surface area contributed by atoms with E-state index < -0.39 is 6.29 Å². The first kappa shape index (κ1) is 14.6. The van der Waals surface area contributed by atoms with Crippen LogP contribution in [0.5, 0.6) is 0 Å². The lowest BCUT2D eigenvalue weighted by molar-refractivity contribution is -0.117. The molecule has 102 valence electrons. The Labute approximate surface area is 105 Å². The summed E-state index contributed by atoms with van der Waals surface area (Å²) in [6, 6.07) is 1.22. The third-order valence-corrected chi connectivity index (χ3v) is 2.31. The molecule has 1 N–H and O–H groups in total. The number of ether oxygens (including phenoxy) is 3. The second-order valence-corrected chi connectivity index (χ2v) is 3.71. The Morgan fingerprint density at radius 3 is 2.67 bits per heavy atom. The van der Waals surface area contributed by atoms with Crippen LogP contribution in [0, 0.1) is 0 Å². The van der Waals surface area contributed by atoms with Crippen molar-refractivity contribution >= 4 is 5.91 Å². The van der Waals surface area contributed by atoms with Crippen molar-refractivity contribution in [2.24, 2.45) is 0 Å². The van der Waals surface area contributed by atoms with Gasteiger partial charge in [-0.2, -0.15) is 0 Å². The number of rotatable bonds is 7. The Balaban J connectivity index is 2.58. The van der Waals surface area contributed by atoms with Gasteiger partial charge in [0.15, 0.2) is 17.7 Å². The summed E-state index contributed by atoms with van der Waals surface area (Å²) in [5.74, 6) is 0.137. The second-order valence-electron chi connectivity index (χ2n) is 3.71. The van der Waals surface area contributed by atoms with Crippen LogP contribution in [0.15, 0.2) is 10.6 Å². The largest absolute Gasteiger partial charge is 0.377 e. The summed E-state index contributed by atoms with van der Waals surface area (Å²) in [5, 5.41) is 6.35. The van der Waals surface area contributed by atoms with E-state index in [-0.39, 0.29) is 24.2 Å². The van der Waals surface area contributed by atoms with Gasteiger partial charge in [0, 0.05) is 27.4 Å². The van der Waals surface area contributed by atoms with Gasteiger partial charge < -0.3 is 24.1 Å².